The minimum Gasteiger partial charge on any atom is -0.493 e. The summed E-state index contributed by atoms with van der Waals surface area (Å²) in [6, 6.07) is 5.54. The van der Waals surface area contributed by atoms with Gasteiger partial charge in [-0.1, -0.05) is 13.0 Å². The van der Waals surface area contributed by atoms with E-state index in [4.69, 9.17) is 9.47 Å². The first-order valence-corrected chi connectivity index (χ1v) is 7.41. The Labute approximate surface area is 113 Å². The van der Waals surface area contributed by atoms with E-state index in [-0.39, 0.29) is 0 Å². The van der Waals surface area contributed by atoms with Crippen LogP contribution in [0.3, 0.4) is 0 Å². The van der Waals surface area contributed by atoms with Crippen LogP contribution in [0.2, 0.25) is 0 Å². The summed E-state index contributed by atoms with van der Waals surface area (Å²) in [7, 11) is 1.61. The van der Waals surface area contributed by atoms with Gasteiger partial charge in [0.1, 0.15) is 0 Å². The lowest BCUT2D eigenvalue weighted by Gasteiger charge is -2.13. The summed E-state index contributed by atoms with van der Waals surface area (Å²) in [5.41, 5.74) is 0.834. The average Bonchev–Trinajstić information content (AvgIpc) is 2.38. The quantitative estimate of drug-likeness (QED) is 0.736. The summed E-state index contributed by atoms with van der Waals surface area (Å²) in [6.45, 7) is 4.58. The van der Waals surface area contributed by atoms with Crippen molar-refractivity contribution in [3.63, 3.8) is 0 Å². The predicted molar refractivity (Wildman–Crippen MR) is 76.7 cm³/mol. The number of methoxy groups -OCH3 is 1. The van der Waals surface area contributed by atoms with Crippen molar-refractivity contribution in [2.24, 2.45) is 0 Å². The molecule has 0 heterocycles. The minimum atomic E-state index is -0.492. The van der Waals surface area contributed by atoms with Gasteiger partial charge in [0, 0.05) is 0 Å². The normalized spacial score (nSPS) is 12.2. The van der Waals surface area contributed by atoms with Crippen LogP contribution in [-0.2, 0) is 0 Å². The molecule has 0 radical (unpaired) electrons. The molecule has 1 aromatic carbocycles. The lowest BCUT2D eigenvalue weighted by molar-refractivity contribution is 0.198. The number of hydrogen-bond donors (Lipinski definition) is 1. The monoisotopic (exact) mass is 270 g/mol. The Bertz CT molecular complexity index is 353. The zero-order valence-corrected chi connectivity index (χ0v) is 12.1. The SMILES string of the molecule is CCSCCCOc1ccc([C@H](C)O)cc1OC. The number of hydrogen-bond acceptors (Lipinski definition) is 4. The fourth-order valence-corrected chi connectivity index (χ4v) is 2.16. The molecule has 0 unspecified atom stereocenters. The van der Waals surface area contributed by atoms with Gasteiger partial charge >= 0.3 is 0 Å². The molecular formula is C14H22O3S. The number of thioether (sulfide) groups is 1. The molecule has 102 valence electrons. The fourth-order valence-electron chi connectivity index (χ4n) is 1.55. The van der Waals surface area contributed by atoms with Crippen LogP contribution in [0.15, 0.2) is 18.2 Å². The Morgan fingerprint density at radius 3 is 2.72 bits per heavy atom. The average molecular weight is 270 g/mol. The van der Waals surface area contributed by atoms with Crippen LogP contribution in [0, 0.1) is 0 Å². The van der Waals surface area contributed by atoms with Crippen LogP contribution in [0.1, 0.15) is 31.9 Å². The standard InChI is InChI=1S/C14H22O3S/c1-4-18-9-5-8-17-13-7-6-12(11(2)15)10-14(13)16-3/h6-7,10-11,15H,4-5,8-9H2,1-3H3/t11-/m0/s1. The molecule has 1 N–H and O–H groups in total. The van der Waals surface area contributed by atoms with Crippen molar-refractivity contribution in [3.8, 4) is 11.5 Å². The van der Waals surface area contributed by atoms with Crippen LogP contribution in [-0.4, -0.2) is 30.3 Å². The maximum Gasteiger partial charge on any atom is 0.161 e. The summed E-state index contributed by atoms with van der Waals surface area (Å²) < 4.78 is 11.0. The lowest BCUT2D eigenvalue weighted by Crippen LogP contribution is -2.01. The summed E-state index contributed by atoms with van der Waals surface area (Å²) in [6.07, 6.45) is 0.536. The van der Waals surface area contributed by atoms with Crippen molar-refractivity contribution in [1.82, 2.24) is 0 Å². The molecule has 0 bridgehead atoms. The van der Waals surface area contributed by atoms with Crippen LogP contribution in [0.5, 0.6) is 11.5 Å². The second kappa shape index (κ2) is 8.27. The van der Waals surface area contributed by atoms with Gasteiger partial charge in [-0.05, 0) is 42.5 Å². The molecule has 1 aromatic rings. The highest BCUT2D eigenvalue weighted by atomic mass is 32.2. The second-order valence-corrected chi connectivity index (χ2v) is 5.38. The van der Waals surface area contributed by atoms with Crippen LogP contribution < -0.4 is 9.47 Å². The van der Waals surface area contributed by atoms with Gasteiger partial charge in [-0.15, -0.1) is 0 Å². The highest BCUT2D eigenvalue weighted by Gasteiger charge is 2.08. The number of ether oxygens (including phenoxy) is 2. The number of aliphatic hydroxyl groups excluding tert-OH is 1. The molecule has 4 heteroatoms. The summed E-state index contributed by atoms with van der Waals surface area (Å²) in [4.78, 5) is 0. The van der Waals surface area contributed by atoms with E-state index < -0.39 is 6.10 Å². The minimum absolute atomic E-state index is 0.492. The molecule has 1 atom stereocenters. The first kappa shape index (κ1) is 15.2. The van der Waals surface area contributed by atoms with E-state index in [0.29, 0.717) is 12.4 Å². The zero-order chi connectivity index (χ0) is 13.4. The maximum atomic E-state index is 9.51. The molecule has 0 amide bonds. The second-order valence-electron chi connectivity index (χ2n) is 3.99. The Morgan fingerprint density at radius 1 is 1.33 bits per heavy atom. The van der Waals surface area contributed by atoms with Crippen LogP contribution in [0.4, 0.5) is 0 Å². The molecule has 0 fully saturated rings. The smallest absolute Gasteiger partial charge is 0.161 e. The van der Waals surface area contributed by atoms with Crippen LogP contribution in [0.25, 0.3) is 0 Å². The molecule has 0 aliphatic heterocycles. The van der Waals surface area contributed by atoms with E-state index in [1.54, 1.807) is 14.0 Å². The predicted octanol–water partition coefficient (Wildman–Crippen LogP) is 3.27. The van der Waals surface area contributed by atoms with Gasteiger partial charge < -0.3 is 14.6 Å². The molecule has 0 spiro atoms. The Kier molecular flexibility index (Phi) is 6.98. The largest absolute Gasteiger partial charge is 0.493 e. The van der Waals surface area contributed by atoms with Gasteiger partial charge in [0.15, 0.2) is 11.5 Å². The summed E-state index contributed by atoms with van der Waals surface area (Å²) in [5, 5.41) is 9.51. The van der Waals surface area contributed by atoms with Gasteiger partial charge in [0.25, 0.3) is 0 Å². The van der Waals surface area contributed by atoms with Gasteiger partial charge in [-0.2, -0.15) is 11.8 Å². The van der Waals surface area contributed by atoms with Gasteiger partial charge in [-0.3, -0.25) is 0 Å². The number of rotatable bonds is 8. The van der Waals surface area contributed by atoms with E-state index >= 15 is 0 Å². The number of benzene rings is 1. The van der Waals surface area contributed by atoms with Crippen molar-refractivity contribution < 1.29 is 14.6 Å². The third kappa shape index (κ3) is 4.78. The third-order valence-electron chi connectivity index (χ3n) is 2.56. The van der Waals surface area contributed by atoms with Crippen molar-refractivity contribution in [2.45, 2.75) is 26.4 Å². The first-order chi connectivity index (χ1) is 8.69. The van der Waals surface area contributed by atoms with Gasteiger partial charge in [0.05, 0.1) is 19.8 Å². The van der Waals surface area contributed by atoms with E-state index in [2.05, 4.69) is 6.92 Å². The maximum absolute atomic E-state index is 9.51. The van der Waals surface area contributed by atoms with E-state index in [1.165, 1.54) is 0 Å². The molecule has 18 heavy (non-hydrogen) atoms. The van der Waals surface area contributed by atoms with Crippen molar-refractivity contribution >= 4 is 11.8 Å². The first-order valence-electron chi connectivity index (χ1n) is 6.25. The zero-order valence-electron chi connectivity index (χ0n) is 11.3. The van der Waals surface area contributed by atoms with E-state index in [0.717, 1.165) is 29.2 Å². The molecular weight excluding hydrogens is 248 g/mol. The molecule has 0 aliphatic rings. The molecule has 1 rings (SSSR count). The lowest BCUT2D eigenvalue weighted by atomic mass is 10.1. The molecule has 0 saturated heterocycles. The van der Waals surface area contributed by atoms with Crippen LogP contribution >= 0.6 is 11.8 Å². The summed E-state index contributed by atoms with van der Waals surface area (Å²) >= 11 is 1.92. The van der Waals surface area contributed by atoms with Crippen molar-refractivity contribution in [3.05, 3.63) is 23.8 Å². The van der Waals surface area contributed by atoms with Crippen molar-refractivity contribution in [2.75, 3.05) is 25.2 Å². The Balaban J connectivity index is 2.54. The van der Waals surface area contributed by atoms with E-state index in [9.17, 15) is 5.11 Å². The van der Waals surface area contributed by atoms with E-state index in [1.807, 2.05) is 30.0 Å². The summed E-state index contributed by atoms with van der Waals surface area (Å²) in [5.74, 6) is 3.68. The third-order valence-corrected chi connectivity index (χ3v) is 3.55. The fraction of sp³-hybridized carbons (Fsp3) is 0.571. The molecule has 3 nitrogen and oxygen atoms in total. The highest BCUT2D eigenvalue weighted by Crippen LogP contribution is 2.30. The van der Waals surface area contributed by atoms with Gasteiger partial charge in [0.2, 0.25) is 0 Å². The molecule has 0 aromatic heterocycles. The number of aliphatic hydroxyl groups is 1. The topological polar surface area (TPSA) is 38.7 Å². The Morgan fingerprint density at radius 2 is 2.11 bits per heavy atom. The van der Waals surface area contributed by atoms with Gasteiger partial charge in [-0.25, -0.2) is 0 Å². The molecule has 0 aliphatic carbocycles. The molecule has 0 saturated carbocycles. The highest BCUT2D eigenvalue weighted by molar-refractivity contribution is 7.99. The Hall–Kier alpha value is -0.870. The van der Waals surface area contributed by atoms with Crippen molar-refractivity contribution in [1.29, 1.82) is 0 Å².